The van der Waals surface area contributed by atoms with Gasteiger partial charge in [-0.05, 0) is 34.7 Å². The Morgan fingerprint density at radius 1 is 1.19 bits per heavy atom. The molecule has 8 nitrogen and oxygen atoms in total. The molecule has 10 heteroatoms. The van der Waals surface area contributed by atoms with Gasteiger partial charge in [0.1, 0.15) is 11.2 Å². The van der Waals surface area contributed by atoms with Crippen LogP contribution in [0.3, 0.4) is 0 Å². The number of ether oxygens (including phenoxy) is 2. The number of hydrogen-bond donors (Lipinski definition) is 3. The normalized spacial score (nSPS) is 21.3. The minimum atomic E-state index is -3.85. The minimum absolute atomic E-state index is 0.0778. The van der Waals surface area contributed by atoms with Crippen LogP contribution >= 0.6 is 0 Å². The van der Waals surface area contributed by atoms with Gasteiger partial charge < -0.3 is 23.9 Å². The molecule has 1 fully saturated rings. The predicted molar refractivity (Wildman–Crippen MR) is 118 cm³/mol. The molecule has 1 spiro atoms. The fourth-order valence-corrected chi connectivity index (χ4v) is 5.96. The van der Waals surface area contributed by atoms with Crippen molar-refractivity contribution in [1.82, 2.24) is 4.72 Å². The van der Waals surface area contributed by atoms with Crippen molar-refractivity contribution in [2.75, 3.05) is 13.2 Å². The SMILES string of the molecule is O=S(=O)(Cc1ccc2c(c1)CO[C@]21CCOC1)N[C@@H](Cc1coc2ccccc12)B(O)O. The average molecular weight is 457 g/mol. The Labute approximate surface area is 186 Å². The summed E-state index contributed by atoms with van der Waals surface area (Å²) in [7, 11) is -5.71. The molecule has 168 valence electrons. The molecule has 1 aromatic heterocycles. The van der Waals surface area contributed by atoms with E-state index in [-0.39, 0.29) is 12.2 Å². The molecule has 0 bridgehead atoms. The van der Waals surface area contributed by atoms with Crippen LogP contribution in [-0.2, 0) is 43.9 Å². The summed E-state index contributed by atoms with van der Waals surface area (Å²) in [5.41, 5.74) is 3.56. The quantitative estimate of drug-likeness (QED) is 0.462. The Hall–Kier alpha value is -2.21. The Bertz CT molecular complexity index is 1230. The average Bonchev–Trinajstić information content (AvgIpc) is 3.48. The molecule has 2 aliphatic heterocycles. The van der Waals surface area contributed by atoms with Crippen LogP contribution in [-0.4, -0.2) is 44.7 Å². The first-order valence-electron chi connectivity index (χ1n) is 10.5. The lowest BCUT2D eigenvalue weighted by atomic mass is 9.77. The molecule has 0 saturated carbocycles. The van der Waals surface area contributed by atoms with Gasteiger partial charge in [-0.2, -0.15) is 0 Å². The van der Waals surface area contributed by atoms with Crippen LogP contribution in [0.2, 0.25) is 0 Å². The molecule has 3 N–H and O–H groups in total. The maximum Gasteiger partial charge on any atom is 0.471 e. The largest absolute Gasteiger partial charge is 0.471 e. The van der Waals surface area contributed by atoms with Crippen molar-refractivity contribution < 1.29 is 32.4 Å². The smallest absolute Gasteiger partial charge is 0.464 e. The second-order valence-corrected chi connectivity index (χ2v) is 10.2. The Morgan fingerprint density at radius 2 is 2.03 bits per heavy atom. The summed E-state index contributed by atoms with van der Waals surface area (Å²) in [5, 5.41) is 20.5. The van der Waals surface area contributed by atoms with Gasteiger partial charge in [0, 0.05) is 18.4 Å². The van der Waals surface area contributed by atoms with Crippen LogP contribution in [0.15, 0.2) is 53.1 Å². The summed E-state index contributed by atoms with van der Waals surface area (Å²) in [6, 6.07) is 12.9. The van der Waals surface area contributed by atoms with Crippen molar-refractivity contribution in [3.05, 3.63) is 71.0 Å². The van der Waals surface area contributed by atoms with Crippen molar-refractivity contribution in [3.63, 3.8) is 0 Å². The molecule has 0 unspecified atom stereocenters. The van der Waals surface area contributed by atoms with Gasteiger partial charge in [-0.1, -0.05) is 36.4 Å². The van der Waals surface area contributed by atoms with Gasteiger partial charge in [0.05, 0.1) is 31.2 Å². The fraction of sp³-hybridized carbons (Fsp3) is 0.364. The van der Waals surface area contributed by atoms with Gasteiger partial charge in [0.25, 0.3) is 0 Å². The van der Waals surface area contributed by atoms with Crippen molar-refractivity contribution >= 4 is 28.1 Å². The second kappa shape index (κ2) is 8.29. The third-order valence-corrected chi connectivity index (χ3v) is 7.57. The number of fused-ring (bicyclic) bond motifs is 3. The lowest BCUT2D eigenvalue weighted by molar-refractivity contribution is -0.0421. The van der Waals surface area contributed by atoms with E-state index in [9.17, 15) is 18.5 Å². The Kier molecular flexibility index (Phi) is 5.61. The minimum Gasteiger partial charge on any atom is -0.464 e. The third kappa shape index (κ3) is 4.10. The molecule has 0 amide bonds. The molecular weight excluding hydrogens is 433 g/mol. The first-order valence-corrected chi connectivity index (χ1v) is 12.2. The predicted octanol–water partition coefficient (Wildman–Crippen LogP) is 1.62. The van der Waals surface area contributed by atoms with Crippen LogP contribution in [0.1, 0.15) is 28.7 Å². The highest BCUT2D eigenvalue weighted by atomic mass is 32.2. The molecule has 3 aromatic rings. The zero-order valence-electron chi connectivity index (χ0n) is 17.4. The Balaban J connectivity index is 1.32. The second-order valence-electron chi connectivity index (χ2n) is 8.44. The highest BCUT2D eigenvalue weighted by Crippen LogP contribution is 2.42. The Morgan fingerprint density at radius 3 is 2.81 bits per heavy atom. The maximum absolute atomic E-state index is 12.8. The van der Waals surface area contributed by atoms with Crippen LogP contribution in [0.5, 0.6) is 0 Å². The molecule has 5 rings (SSSR count). The third-order valence-electron chi connectivity index (χ3n) is 6.20. The lowest BCUT2D eigenvalue weighted by Gasteiger charge is -2.21. The molecule has 32 heavy (non-hydrogen) atoms. The van der Waals surface area contributed by atoms with E-state index in [1.165, 1.54) is 6.26 Å². The van der Waals surface area contributed by atoms with Crippen molar-refractivity contribution in [1.29, 1.82) is 0 Å². The van der Waals surface area contributed by atoms with Crippen LogP contribution < -0.4 is 4.72 Å². The van der Waals surface area contributed by atoms with E-state index < -0.39 is 28.7 Å². The number of rotatable bonds is 7. The standard InChI is InChI=1S/C22H24BNO7S/c25-23(26)21(10-16-11-30-20-4-2-1-3-18(16)20)24-32(27,28)13-15-5-6-19-17(9-15)12-31-22(19)7-8-29-14-22/h1-6,9,11,21,24-26H,7-8,10,12-14H2/t21-,22-/m0/s1. The van der Waals surface area contributed by atoms with Gasteiger partial charge in [-0.25, -0.2) is 13.1 Å². The van der Waals surface area contributed by atoms with E-state index in [0.29, 0.717) is 36.5 Å². The summed E-state index contributed by atoms with van der Waals surface area (Å²) >= 11 is 0. The molecule has 0 aliphatic carbocycles. The zero-order chi connectivity index (χ0) is 22.3. The maximum atomic E-state index is 12.8. The molecule has 1 saturated heterocycles. The van der Waals surface area contributed by atoms with E-state index in [1.54, 1.807) is 12.1 Å². The number of sulfonamides is 1. The summed E-state index contributed by atoms with van der Waals surface area (Å²) in [6.07, 6.45) is 2.38. The van der Waals surface area contributed by atoms with Gasteiger partial charge in [0.15, 0.2) is 0 Å². The molecule has 3 heterocycles. The molecular formula is C22H24BNO7S. The summed E-state index contributed by atoms with van der Waals surface area (Å²) in [6.45, 7) is 1.58. The van der Waals surface area contributed by atoms with Crippen LogP contribution in [0.4, 0.5) is 0 Å². The van der Waals surface area contributed by atoms with Gasteiger partial charge in [0.2, 0.25) is 10.0 Å². The summed E-state index contributed by atoms with van der Waals surface area (Å²) in [5.74, 6) is -1.39. The van der Waals surface area contributed by atoms with Crippen molar-refractivity contribution in [3.8, 4) is 0 Å². The number of furan rings is 1. The van der Waals surface area contributed by atoms with Crippen molar-refractivity contribution in [2.24, 2.45) is 0 Å². The van der Waals surface area contributed by atoms with E-state index in [0.717, 1.165) is 22.9 Å². The summed E-state index contributed by atoms with van der Waals surface area (Å²) in [4.78, 5) is 0. The zero-order valence-corrected chi connectivity index (χ0v) is 18.2. The fourth-order valence-electron chi connectivity index (χ4n) is 4.59. The first kappa shape index (κ1) is 21.6. The van der Waals surface area contributed by atoms with Crippen LogP contribution in [0.25, 0.3) is 11.0 Å². The van der Waals surface area contributed by atoms with Gasteiger partial charge in [-0.15, -0.1) is 0 Å². The van der Waals surface area contributed by atoms with Gasteiger partial charge >= 0.3 is 7.12 Å². The van der Waals surface area contributed by atoms with E-state index >= 15 is 0 Å². The number of hydrogen-bond acceptors (Lipinski definition) is 7. The molecule has 2 atom stereocenters. The van der Waals surface area contributed by atoms with Crippen LogP contribution in [0, 0.1) is 0 Å². The topological polar surface area (TPSA) is 118 Å². The van der Waals surface area contributed by atoms with E-state index in [4.69, 9.17) is 13.9 Å². The molecule has 2 aromatic carbocycles. The monoisotopic (exact) mass is 457 g/mol. The highest BCUT2D eigenvalue weighted by molar-refractivity contribution is 7.88. The highest BCUT2D eigenvalue weighted by Gasteiger charge is 2.43. The van der Waals surface area contributed by atoms with E-state index in [1.807, 2.05) is 30.3 Å². The first-order chi connectivity index (χ1) is 15.4. The van der Waals surface area contributed by atoms with Crippen molar-refractivity contribution in [2.45, 2.75) is 36.7 Å². The number of para-hydroxylation sites is 1. The number of benzene rings is 2. The lowest BCUT2D eigenvalue weighted by Crippen LogP contribution is -2.48. The number of nitrogens with one attached hydrogen (secondary N) is 1. The molecule has 2 aliphatic rings. The van der Waals surface area contributed by atoms with Gasteiger partial charge in [-0.3, -0.25) is 0 Å². The van der Waals surface area contributed by atoms with E-state index in [2.05, 4.69) is 4.72 Å². The molecule has 0 radical (unpaired) electrons. The summed E-state index contributed by atoms with van der Waals surface area (Å²) < 4.78 is 45.1.